The predicted octanol–water partition coefficient (Wildman–Crippen LogP) is 3.74. The number of fused-ring (bicyclic) bond motifs is 1. The lowest BCUT2D eigenvalue weighted by Crippen LogP contribution is -2.25. The van der Waals surface area contributed by atoms with E-state index in [-0.39, 0.29) is 18.2 Å². The summed E-state index contributed by atoms with van der Waals surface area (Å²) in [6, 6.07) is 2.27. The Hall–Kier alpha value is -1.18. The summed E-state index contributed by atoms with van der Waals surface area (Å²) in [6.45, 7) is 6.73. The number of aromatic nitrogens is 3. The van der Waals surface area contributed by atoms with Gasteiger partial charge in [-0.15, -0.1) is 5.10 Å². The summed E-state index contributed by atoms with van der Waals surface area (Å²) in [6.07, 6.45) is 5.60. The fourth-order valence-electron chi connectivity index (χ4n) is 3.30. The van der Waals surface area contributed by atoms with Crippen LogP contribution < -0.4 is 5.32 Å². The molecule has 1 saturated carbocycles. The Morgan fingerprint density at radius 3 is 2.72 bits per heavy atom. The van der Waals surface area contributed by atoms with Crippen molar-refractivity contribution in [2.75, 3.05) is 11.9 Å². The molecular weight excluding hydrogens is 384 g/mol. The molecule has 1 unspecified atom stereocenters. The molecule has 3 rings (SSSR count). The molecule has 0 saturated heterocycles. The molecule has 6 nitrogen and oxygen atoms in total. The molecule has 2 heterocycles. The quantitative estimate of drug-likeness (QED) is 0.758. The van der Waals surface area contributed by atoms with Crippen LogP contribution in [0.5, 0.6) is 0 Å². The van der Waals surface area contributed by atoms with Crippen molar-refractivity contribution in [1.29, 1.82) is 0 Å². The molecule has 0 aliphatic heterocycles. The SMILES string of the molecule is CC(COC(C)C)Nc1ncc2c(Br)cc(C3CCC(O)CC3)n2n1. The minimum absolute atomic E-state index is 0.132. The lowest BCUT2D eigenvalue weighted by atomic mass is 9.85. The molecule has 0 amide bonds. The Bertz CT molecular complexity index is 710. The van der Waals surface area contributed by atoms with E-state index in [1.54, 1.807) is 0 Å². The molecule has 0 bridgehead atoms. The smallest absolute Gasteiger partial charge is 0.241 e. The summed E-state index contributed by atoms with van der Waals surface area (Å²) < 4.78 is 8.63. The van der Waals surface area contributed by atoms with Crippen molar-refractivity contribution in [3.8, 4) is 0 Å². The Morgan fingerprint density at radius 2 is 2.04 bits per heavy atom. The van der Waals surface area contributed by atoms with Gasteiger partial charge in [0.2, 0.25) is 5.95 Å². The van der Waals surface area contributed by atoms with Gasteiger partial charge in [0.25, 0.3) is 0 Å². The van der Waals surface area contributed by atoms with Gasteiger partial charge < -0.3 is 15.2 Å². The molecule has 2 aromatic rings. The predicted molar refractivity (Wildman–Crippen MR) is 102 cm³/mol. The van der Waals surface area contributed by atoms with Crippen LogP contribution in [0.3, 0.4) is 0 Å². The van der Waals surface area contributed by atoms with Gasteiger partial charge in [0, 0.05) is 22.1 Å². The molecule has 1 aliphatic rings. The second-order valence-electron chi connectivity index (χ2n) is 7.23. The number of aliphatic hydroxyl groups is 1. The first-order valence-electron chi connectivity index (χ1n) is 9.04. The summed E-state index contributed by atoms with van der Waals surface area (Å²) in [5.74, 6) is 1.03. The van der Waals surface area contributed by atoms with E-state index in [9.17, 15) is 5.11 Å². The lowest BCUT2D eigenvalue weighted by molar-refractivity contribution is 0.0741. The Balaban J connectivity index is 1.80. The minimum atomic E-state index is -0.153. The van der Waals surface area contributed by atoms with Crippen LogP contribution in [-0.2, 0) is 4.74 Å². The number of aliphatic hydroxyl groups excluding tert-OH is 1. The van der Waals surface area contributed by atoms with Gasteiger partial charge in [-0.05, 0) is 68.5 Å². The van der Waals surface area contributed by atoms with Crippen molar-refractivity contribution in [1.82, 2.24) is 14.6 Å². The molecule has 1 atom stereocenters. The van der Waals surface area contributed by atoms with E-state index in [2.05, 4.69) is 39.2 Å². The summed E-state index contributed by atoms with van der Waals surface area (Å²) in [5.41, 5.74) is 2.16. The zero-order chi connectivity index (χ0) is 18.0. The van der Waals surface area contributed by atoms with Crippen molar-refractivity contribution in [2.24, 2.45) is 0 Å². The van der Waals surface area contributed by atoms with Crippen LogP contribution in [-0.4, -0.2) is 44.6 Å². The molecule has 2 aromatic heterocycles. The molecule has 25 heavy (non-hydrogen) atoms. The summed E-state index contributed by atoms with van der Waals surface area (Å²) in [5, 5.41) is 17.8. The van der Waals surface area contributed by atoms with Crippen LogP contribution in [0.25, 0.3) is 5.52 Å². The summed E-state index contributed by atoms with van der Waals surface area (Å²) >= 11 is 3.62. The van der Waals surface area contributed by atoms with Crippen LogP contribution in [0.2, 0.25) is 0 Å². The largest absolute Gasteiger partial charge is 0.393 e. The fraction of sp³-hybridized carbons (Fsp3) is 0.667. The maximum atomic E-state index is 9.76. The maximum absolute atomic E-state index is 9.76. The molecule has 0 radical (unpaired) electrons. The van der Waals surface area contributed by atoms with E-state index in [0.717, 1.165) is 35.7 Å². The van der Waals surface area contributed by atoms with Crippen molar-refractivity contribution >= 4 is 27.4 Å². The van der Waals surface area contributed by atoms with Gasteiger partial charge in [0.05, 0.1) is 30.5 Å². The highest BCUT2D eigenvalue weighted by molar-refractivity contribution is 9.10. The van der Waals surface area contributed by atoms with Gasteiger partial charge in [0.1, 0.15) is 0 Å². The number of anilines is 1. The molecule has 2 N–H and O–H groups in total. The van der Waals surface area contributed by atoms with Gasteiger partial charge in [-0.25, -0.2) is 9.50 Å². The molecule has 7 heteroatoms. The molecular formula is C18H27BrN4O2. The van der Waals surface area contributed by atoms with Gasteiger partial charge in [-0.2, -0.15) is 0 Å². The van der Waals surface area contributed by atoms with E-state index in [4.69, 9.17) is 9.84 Å². The number of rotatable bonds is 6. The third-order valence-corrected chi connectivity index (χ3v) is 5.30. The van der Waals surface area contributed by atoms with Gasteiger partial charge >= 0.3 is 0 Å². The highest BCUT2D eigenvalue weighted by Crippen LogP contribution is 2.36. The molecule has 138 valence electrons. The first-order chi connectivity index (χ1) is 11.9. The molecule has 0 aromatic carbocycles. The molecule has 1 aliphatic carbocycles. The zero-order valence-electron chi connectivity index (χ0n) is 15.1. The number of nitrogens with zero attached hydrogens (tertiary/aromatic N) is 3. The van der Waals surface area contributed by atoms with E-state index in [1.807, 2.05) is 24.6 Å². The van der Waals surface area contributed by atoms with Crippen LogP contribution in [0, 0.1) is 0 Å². The van der Waals surface area contributed by atoms with E-state index in [0.29, 0.717) is 18.5 Å². The van der Waals surface area contributed by atoms with Crippen molar-refractivity contribution in [2.45, 2.75) is 70.6 Å². The first kappa shape index (κ1) is 18.6. The number of nitrogens with one attached hydrogen (secondary N) is 1. The van der Waals surface area contributed by atoms with Crippen molar-refractivity contribution in [3.05, 3.63) is 22.4 Å². The van der Waals surface area contributed by atoms with Gasteiger partial charge in [-0.1, -0.05) is 0 Å². The minimum Gasteiger partial charge on any atom is -0.393 e. The highest BCUT2D eigenvalue weighted by Gasteiger charge is 2.24. The number of hydrogen-bond donors (Lipinski definition) is 2. The second-order valence-corrected chi connectivity index (χ2v) is 8.08. The zero-order valence-corrected chi connectivity index (χ0v) is 16.7. The number of ether oxygens (including phenoxy) is 1. The maximum Gasteiger partial charge on any atom is 0.241 e. The topological polar surface area (TPSA) is 71.7 Å². The van der Waals surface area contributed by atoms with Gasteiger partial charge in [0.15, 0.2) is 0 Å². The molecule has 0 spiro atoms. The van der Waals surface area contributed by atoms with Gasteiger partial charge in [-0.3, -0.25) is 0 Å². The average Bonchev–Trinajstić information content (AvgIpc) is 2.90. The van der Waals surface area contributed by atoms with Crippen molar-refractivity contribution < 1.29 is 9.84 Å². The standard InChI is InChI=1S/C18H27BrN4O2/c1-11(2)25-10-12(3)21-18-20-9-17-15(19)8-16(23(17)22-18)13-4-6-14(24)7-5-13/h8-9,11-14,24H,4-7,10H2,1-3H3,(H,21,22). The first-order valence-corrected chi connectivity index (χ1v) is 9.83. The monoisotopic (exact) mass is 410 g/mol. The van der Waals surface area contributed by atoms with Crippen LogP contribution >= 0.6 is 15.9 Å². The lowest BCUT2D eigenvalue weighted by Gasteiger charge is -2.25. The normalized spacial score (nSPS) is 22.5. The van der Waals surface area contributed by atoms with Crippen LogP contribution in [0.15, 0.2) is 16.7 Å². The number of halogens is 1. The van der Waals surface area contributed by atoms with E-state index in [1.165, 1.54) is 5.69 Å². The van der Waals surface area contributed by atoms with Crippen LogP contribution in [0.1, 0.15) is 58.1 Å². The Morgan fingerprint density at radius 1 is 1.32 bits per heavy atom. The second kappa shape index (κ2) is 8.01. The summed E-state index contributed by atoms with van der Waals surface area (Å²) in [4.78, 5) is 4.44. The van der Waals surface area contributed by atoms with E-state index < -0.39 is 0 Å². The average molecular weight is 411 g/mol. The highest BCUT2D eigenvalue weighted by atomic mass is 79.9. The molecule has 1 fully saturated rings. The van der Waals surface area contributed by atoms with E-state index >= 15 is 0 Å². The van der Waals surface area contributed by atoms with Crippen LogP contribution in [0.4, 0.5) is 5.95 Å². The number of hydrogen-bond acceptors (Lipinski definition) is 5. The third kappa shape index (κ3) is 4.51. The van der Waals surface area contributed by atoms with Crippen molar-refractivity contribution in [3.63, 3.8) is 0 Å². The Labute approximate surface area is 157 Å². The third-order valence-electron chi connectivity index (χ3n) is 4.67. The summed E-state index contributed by atoms with van der Waals surface area (Å²) in [7, 11) is 0. The fourth-order valence-corrected chi connectivity index (χ4v) is 3.81. The Kier molecular flexibility index (Phi) is 5.96.